The van der Waals surface area contributed by atoms with Gasteiger partial charge in [-0.2, -0.15) is 0 Å². The van der Waals surface area contributed by atoms with E-state index >= 15 is 0 Å². The second-order valence-electron chi connectivity index (χ2n) is 4.87. The highest BCUT2D eigenvalue weighted by atomic mass is 35.5. The largest absolute Gasteiger partial charge is 0.474 e. The fraction of sp³-hybridized carbons (Fsp3) is 0.429. The van der Waals surface area contributed by atoms with Crippen LogP contribution in [0.4, 0.5) is 0 Å². The van der Waals surface area contributed by atoms with Gasteiger partial charge in [0.1, 0.15) is 0 Å². The van der Waals surface area contributed by atoms with E-state index in [1.807, 2.05) is 24.3 Å². The molecule has 1 aliphatic rings. The predicted molar refractivity (Wildman–Crippen MR) is 72.1 cm³/mol. The lowest BCUT2D eigenvalue weighted by atomic mass is 9.90. The second kappa shape index (κ2) is 6.06. The van der Waals surface area contributed by atoms with Crippen molar-refractivity contribution in [2.75, 3.05) is 13.1 Å². The Morgan fingerprint density at radius 2 is 1.79 bits per heavy atom. The molecule has 0 aliphatic carbocycles. The minimum absolute atomic E-state index is 0.499. The van der Waals surface area contributed by atoms with Gasteiger partial charge in [-0.05, 0) is 42.9 Å². The summed E-state index contributed by atoms with van der Waals surface area (Å²) in [4.78, 5) is 23.3. The molecule has 1 saturated heterocycles. The molecule has 0 unspecified atom stereocenters. The van der Waals surface area contributed by atoms with Crippen LogP contribution in [0.3, 0.4) is 0 Å². The normalized spacial score (nSPS) is 16.4. The molecule has 0 spiro atoms. The van der Waals surface area contributed by atoms with Crippen LogP contribution in [0.5, 0.6) is 0 Å². The Bertz CT molecular complexity index is 464. The highest BCUT2D eigenvalue weighted by molar-refractivity contribution is 6.31. The quantitative estimate of drug-likeness (QED) is 0.846. The fourth-order valence-electron chi connectivity index (χ4n) is 2.43. The van der Waals surface area contributed by atoms with Crippen LogP contribution in [0.15, 0.2) is 24.3 Å². The lowest BCUT2D eigenvalue weighted by molar-refractivity contribution is -0.156. The Hall–Kier alpha value is -1.55. The van der Waals surface area contributed by atoms with Crippen molar-refractivity contribution in [2.45, 2.75) is 19.3 Å². The molecule has 0 bridgehead atoms. The molecule has 5 heteroatoms. The molecule has 0 radical (unpaired) electrons. The van der Waals surface area contributed by atoms with Gasteiger partial charge in [-0.25, -0.2) is 4.79 Å². The third-order valence-corrected chi connectivity index (χ3v) is 3.77. The van der Waals surface area contributed by atoms with E-state index in [9.17, 15) is 9.59 Å². The number of aliphatic carboxylic acids is 1. The van der Waals surface area contributed by atoms with Crippen LogP contribution in [-0.2, 0) is 16.0 Å². The summed E-state index contributed by atoms with van der Waals surface area (Å²) in [7, 11) is 0. The smallest absolute Gasteiger partial charge is 0.394 e. The number of likely N-dealkylation sites (tertiary alicyclic amines) is 1. The molecule has 1 amide bonds. The van der Waals surface area contributed by atoms with Crippen LogP contribution in [0.2, 0.25) is 5.02 Å². The first-order valence-electron chi connectivity index (χ1n) is 6.33. The monoisotopic (exact) mass is 281 g/mol. The van der Waals surface area contributed by atoms with Crippen LogP contribution in [0.1, 0.15) is 18.4 Å². The van der Waals surface area contributed by atoms with Crippen molar-refractivity contribution in [3.05, 3.63) is 34.9 Å². The number of benzene rings is 1. The average molecular weight is 282 g/mol. The summed E-state index contributed by atoms with van der Waals surface area (Å²) in [6.45, 7) is 1.06. The molecule has 19 heavy (non-hydrogen) atoms. The molecular formula is C14H16ClNO3. The molecule has 1 fully saturated rings. The van der Waals surface area contributed by atoms with Gasteiger partial charge in [0.25, 0.3) is 0 Å². The van der Waals surface area contributed by atoms with Crippen LogP contribution >= 0.6 is 11.6 Å². The Balaban J connectivity index is 1.85. The molecule has 0 saturated carbocycles. The van der Waals surface area contributed by atoms with E-state index < -0.39 is 11.9 Å². The van der Waals surface area contributed by atoms with Gasteiger partial charge in [0.15, 0.2) is 0 Å². The Labute approximate surface area is 117 Å². The zero-order valence-electron chi connectivity index (χ0n) is 10.5. The van der Waals surface area contributed by atoms with Crippen LogP contribution in [0.25, 0.3) is 0 Å². The van der Waals surface area contributed by atoms with Crippen molar-refractivity contribution >= 4 is 23.5 Å². The number of piperidine rings is 1. The maximum atomic E-state index is 11.3. The van der Waals surface area contributed by atoms with Gasteiger partial charge < -0.3 is 10.0 Å². The number of carboxylic acid groups (broad SMARTS) is 1. The Morgan fingerprint density at radius 1 is 1.21 bits per heavy atom. The van der Waals surface area contributed by atoms with Crippen molar-refractivity contribution in [3.8, 4) is 0 Å². The lowest BCUT2D eigenvalue weighted by Crippen LogP contribution is -2.42. The van der Waals surface area contributed by atoms with Gasteiger partial charge in [-0.1, -0.05) is 23.7 Å². The summed E-state index contributed by atoms with van der Waals surface area (Å²) in [5.41, 5.74) is 1.23. The van der Waals surface area contributed by atoms with E-state index in [0.717, 1.165) is 24.3 Å². The summed E-state index contributed by atoms with van der Waals surface area (Å²) in [5, 5.41) is 9.39. The number of carbonyl (C=O) groups excluding carboxylic acids is 1. The Kier molecular flexibility index (Phi) is 4.43. The summed E-state index contributed by atoms with van der Waals surface area (Å²) in [5.74, 6) is -1.65. The first kappa shape index (κ1) is 13.9. The highest BCUT2D eigenvalue weighted by Crippen LogP contribution is 2.22. The molecule has 0 aromatic heterocycles. The van der Waals surface area contributed by atoms with Crippen LogP contribution < -0.4 is 0 Å². The summed E-state index contributed by atoms with van der Waals surface area (Å²) in [6.07, 6.45) is 2.65. The number of halogens is 1. The van der Waals surface area contributed by atoms with Crippen LogP contribution in [-0.4, -0.2) is 35.0 Å². The molecule has 1 N–H and O–H groups in total. The van der Waals surface area contributed by atoms with E-state index in [0.29, 0.717) is 19.0 Å². The number of carbonyl (C=O) groups is 2. The third-order valence-electron chi connectivity index (χ3n) is 3.52. The van der Waals surface area contributed by atoms with E-state index in [1.54, 1.807) is 0 Å². The topological polar surface area (TPSA) is 57.6 Å². The van der Waals surface area contributed by atoms with Gasteiger partial charge in [-0.3, -0.25) is 4.79 Å². The lowest BCUT2D eigenvalue weighted by Gasteiger charge is -2.30. The van der Waals surface area contributed by atoms with Gasteiger partial charge in [0, 0.05) is 18.1 Å². The van der Waals surface area contributed by atoms with Gasteiger partial charge in [0.05, 0.1) is 0 Å². The van der Waals surface area contributed by atoms with E-state index in [-0.39, 0.29) is 0 Å². The Morgan fingerprint density at radius 3 is 2.32 bits per heavy atom. The van der Waals surface area contributed by atoms with Crippen molar-refractivity contribution < 1.29 is 14.7 Å². The first-order chi connectivity index (χ1) is 9.06. The number of carboxylic acids is 1. The molecule has 0 atom stereocenters. The molecule has 1 heterocycles. The van der Waals surface area contributed by atoms with Gasteiger partial charge in [-0.15, -0.1) is 0 Å². The van der Waals surface area contributed by atoms with E-state index in [1.165, 1.54) is 10.5 Å². The number of amides is 1. The standard InChI is InChI=1S/C14H16ClNO3/c15-12-3-1-10(2-4-12)9-11-5-7-16(8-6-11)13(17)14(18)19/h1-4,11H,5-9H2,(H,18,19). The minimum atomic E-state index is -1.36. The second-order valence-corrected chi connectivity index (χ2v) is 5.31. The molecule has 4 nitrogen and oxygen atoms in total. The summed E-state index contributed by atoms with van der Waals surface area (Å²) >= 11 is 5.84. The van der Waals surface area contributed by atoms with Crippen molar-refractivity contribution in [1.29, 1.82) is 0 Å². The van der Waals surface area contributed by atoms with Crippen molar-refractivity contribution in [2.24, 2.45) is 5.92 Å². The number of nitrogens with zero attached hydrogens (tertiary/aromatic N) is 1. The maximum Gasteiger partial charge on any atom is 0.394 e. The minimum Gasteiger partial charge on any atom is -0.474 e. The molecule has 2 rings (SSSR count). The average Bonchev–Trinajstić information content (AvgIpc) is 2.41. The van der Waals surface area contributed by atoms with Crippen molar-refractivity contribution in [3.63, 3.8) is 0 Å². The highest BCUT2D eigenvalue weighted by Gasteiger charge is 2.26. The fourth-order valence-corrected chi connectivity index (χ4v) is 2.56. The van der Waals surface area contributed by atoms with Crippen LogP contribution in [0, 0.1) is 5.92 Å². The maximum absolute atomic E-state index is 11.3. The van der Waals surface area contributed by atoms with E-state index in [4.69, 9.17) is 16.7 Å². The third kappa shape index (κ3) is 3.70. The SMILES string of the molecule is O=C(O)C(=O)N1CCC(Cc2ccc(Cl)cc2)CC1. The zero-order valence-corrected chi connectivity index (χ0v) is 11.3. The number of hydrogen-bond acceptors (Lipinski definition) is 2. The van der Waals surface area contributed by atoms with Gasteiger partial charge in [0.2, 0.25) is 0 Å². The first-order valence-corrected chi connectivity index (χ1v) is 6.70. The summed E-state index contributed by atoms with van der Waals surface area (Å²) < 4.78 is 0. The van der Waals surface area contributed by atoms with Gasteiger partial charge >= 0.3 is 11.9 Å². The molecule has 1 aromatic rings. The van der Waals surface area contributed by atoms with Crippen molar-refractivity contribution in [1.82, 2.24) is 4.90 Å². The molecule has 102 valence electrons. The zero-order chi connectivity index (χ0) is 13.8. The number of rotatable bonds is 2. The molecule has 1 aliphatic heterocycles. The predicted octanol–water partition coefficient (Wildman–Crippen LogP) is 2.21. The molecular weight excluding hydrogens is 266 g/mol. The summed E-state index contributed by atoms with van der Waals surface area (Å²) in [6, 6.07) is 7.77. The van der Waals surface area contributed by atoms with E-state index in [2.05, 4.69) is 0 Å². The number of hydrogen-bond donors (Lipinski definition) is 1. The molecule has 1 aromatic carbocycles.